The zero-order chi connectivity index (χ0) is 13.8. The van der Waals surface area contributed by atoms with Crippen LogP contribution in [0.15, 0.2) is 23.1 Å². The molecular weight excluding hydrogens is 254 g/mol. The first kappa shape index (κ1) is 14.7. The van der Waals surface area contributed by atoms with Crippen LogP contribution in [0.3, 0.4) is 0 Å². The summed E-state index contributed by atoms with van der Waals surface area (Å²) in [6, 6.07) is 4.57. The van der Waals surface area contributed by atoms with Crippen LogP contribution in [0, 0.1) is 5.92 Å². The summed E-state index contributed by atoms with van der Waals surface area (Å²) in [5.74, 6) is 0.251. The summed E-state index contributed by atoms with van der Waals surface area (Å²) in [5, 5.41) is 8.18. The first-order valence-electron chi connectivity index (χ1n) is 5.49. The average Bonchev–Trinajstić information content (AvgIpc) is 2.26. The number of primary sulfonamides is 1. The maximum Gasteiger partial charge on any atom is 0.240 e. The van der Waals surface area contributed by atoms with Gasteiger partial charge in [-0.15, -0.1) is 0 Å². The lowest BCUT2D eigenvalue weighted by atomic mass is 10.2. The van der Waals surface area contributed by atoms with Gasteiger partial charge in [0.15, 0.2) is 0 Å². The Morgan fingerprint density at radius 1 is 1.44 bits per heavy atom. The first-order chi connectivity index (χ1) is 8.34. The van der Waals surface area contributed by atoms with Crippen molar-refractivity contribution in [2.24, 2.45) is 11.1 Å². The number of nitrogen functional groups attached to an aromatic ring is 1. The molecule has 0 aliphatic heterocycles. The second-order valence-electron chi connectivity index (χ2n) is 4.24. The highest BCUT2D eigenvalue weighted by molar-refractivity contribution is 7.89. The minimum atomic E-state index is -3.79. The quantitative estimate of drug-likeness (QED) is 0.658. The molecule has 5 N–H and O–H groups in total. The van der Waals surface area contributed by atoms with Crippen molar-refractivity contribution in [1.82, 2.24) is 0 Å². The van der Waals surface area contributed by atoms with Crippen molar-refractivity contribution in [3.05, 3.63) is 18.2 Å². The zero-order valence-corrected chi connectivity index (χ0v) is 11.3. The van der Waals surface area contributed by atoms with Gasteiger partial charge in [0, 0.05) is 19.3 Å². The normalized spacial score (nSPS) is 13.3. The number of rotatable bonds is 6. The summed E-state index contributed by atoms with van der Waals surface area (Å²) >= 11 is 0. The van der Waals surface area contributed by atoms with Crippen LogP contribution >= 0.6 is 0 Å². The lowest BCUT2D eigenvalue weighted by molar-refractivity contribution is 0.164. The number of ether oxygens (including phenoxy) is 1. The van der Waals surface area contributed by atoms with Gasteiger partial charge >= 0.3 is 0 Å². The Hall–Kier alpha value is -1.31. The summed E-state index contributed by atoms with van der Waals surface area (Å²) in [7, 11) is -2.17. The summed E-state index contributed by atoms with van der Waals surface area (Å²) in [6.07, 6.45) is 0. The monoisotopic (exact) mass is 273 g/mol. The first-order valence-corrected chi connectivity index (χ1v) is 7.04. The van der Waals surface area contributed by atoms with Crippen molar-refractivity contribution in [2.75, 3.05) is 31.3 Å². The molecule has 0 aromatic heterocycles. The molecule has 1 aromatic carbocycles. The fourth-order valence-electron chi connectivity index (χ4n) is 1.55. The fraction of sp³-hybridized carbons (Fsp3) is 0.455. The Morgan fingerprint density at radius 3 is 2.67 bits per heavy atom. The molecule has 0 aliphatic rings. The third-order valence-electron chi connectivity index (χ3n) is 2.40. The molecule has 0 saturated carbocycles. The molecule has 0 saturated heterocycles. The average molecular weight is 273 g/mol. The van der Waals surface area contributed by atoms with Crippen LogP contribution in [-0.4, -0.2) is 28.7 Å². The largest absolute Gasteiger partial charge is 0.399 e. The van der Waals surface area contributed by atoms with Gasteiger partial charge in [0.25, 0.3) is 0 Å². The maximum absolute atomic E-state index is 11.4. The molecule has 0 heterocycles. The number of methoxy groups -OCH3 is 1. The van der Waals surface area contributed by atoms with Crippen molar-refractivity contribution >= 4 is 21.4 Å². The number of anilines is 2. The van der Waals surface area contributed by atoms with Gasteiger partial charge in [-0.1, -0.05) is 6.92 Å². The Balaban J connectivity index is 2.89. The molecule has 0 spiro atoms. The van der Waals surface area contributed by atoms with Crippen molar-refractivity contribution in [3.8, 4) is 0 Å². The maximum atomic E-state index is 11.4. The van der Waals surface area contributed by atoms with E-state index in [2.05, 4.69) is 5.32 Å². The Bertz CT molecular complexity index is 502. The van der Waals surface area contributed by atoms with E-state index >= 15 is 0 Å². The molecule has 1 rings (SSSR count). The smallest absolute Gasteiger partial charge is 0.240 e. The lowest BCUT2D eigenvalue weighted by Gasteiger charge is -2.15. The van der Waals surface area contributed by atoms with Gasteiger partial charge in [-0.3, -0.25) is 0 Å². The molecule has 0 bridgehead atoms. The van der Waals surface area contributed by atoms with E-state index < -0.39 is 10.0 Å². The molecule has 7 heteroatoms. The van der Waals surface area contributed by atoms with Crippen LogP contribution in [0.25, 0.3) is 0 Å². The summed E-state index contributed by atoms with van der Waals surface area (Å²) in [4.78, 5) is 0.00659. The standard InChI is InChI=1S/C11H19N3O3S/c1-8(7-17-2)6-14-10-4-3-9(12)5-11(10)18(13,15)16/h3-5,8,14H,6-7,12H2,1-2H3,(H2,13,15,16). The molecule has 0 radical (unpaired) electrons. The molecule has 0 amide bonds. The SMILES string of the molecule is COCC(C)CNc1ccc(N)cc1S(N)(=O)=O. The zero-order valence-electron chi connectivity index (χ0n) is 10.5. The minimum absolute atomic E-state index is 0.00659. The van der Waals surface area contributed by atoms with Gasteiger partial charge in [0.2, 0.25) is 10.0 Å². The van der Waals surface area contributed by atoms with Crippen LogP contribution < -0.4 is 16.2 Å². The van der Waals surface area contributed by atoms with E-state index in [0.29, 0.717) is 24.5 Å². The third-order valence-corrected chi connectivity index (χ3v) is 3.36. The van der Waals surface area contributed by atoms with E-state index in [9.17, 15) is 8.42 Å². The van der Waals surface area contributed by atoms with E-state index in [1.807, 2.05) is 6.92 Å². The van der Waals surface area contributed by atoms with Gasteiger partial charge in [-0.05, 0) is 24.1 Å². The van der Waals surface area contributed by atoms with Crippen molar-refractivity contribution in [1.29, 1.82) is 0 Å². The second-order valence-corrected chi connectivity index (χ2v) is 5.77. The van der Waals surface area contributed by atoms with Gasteiger partial charge in [0.1, 0.15) is 4.90 Å². The van der Waals surface area contributed by atoms with Gasteiger partial charge < -0.3 is 15.8 Å². The van der Waals surface area contributed by atoms with E-state index in [1.165, 1.54) is 6.07 Å². The predicted octanol–water partition coefficient (Wildman–Crippen LogP) is 0.611. The summed E-state index contributed by atoms with van der Waals surface area (Å²) < 4.78 is 27.9. The van der Waals surface area contributed by atoms with Crippen LogP contribution in [-0.2, 0) is 14.8 Å². The number of nitrogens with one attached hydrogen (secondary N) is 1. The van der Waals surface area contributed by atoms with Gasteiger partial charge in [-0.2, -0.15) is 0 Å². The Labute approximate surface area is 107 Å². The minimum Gasteiger partial charge on any atom is -0.399 e. The summed E-state index contributed by atoms with van der Waals surface area (Å²) in [6.45, 7) is 3.16. The van der Waals surface area contributed by atoms with Crippen LogP contribution in [0.4, 0.5) is 11.4 Å². The molecule has 1 aromatic rings. The van der Waals surface area contributed by atoms with E-state index in [4.69, 9.17) is 15.6 Å². The van der Waals surface area contributed by atoms with Crippen LogP contribution in [0.2, 0.25) is 0 Å². The topological polar surface area (TPSA) is 107 Å². The van der Waals surface area contributed by atoms with Gasteiger partial charge in [0.05, 0.1) is 12.3 Å². The molecule has 18 heavy (non-hydrogen) atoms. The van der Waals surface area contributed by atoms with Gasteiger partial charge in [-0.25, -0.2) is 13.6 Å². The highest BCUT2D eigenvalue weighted by Crippen LogP contribution is 2.23. The number of sulfonamides is 1. The number of benzene rings is 1. The molecule has 6 nitrogen and oxygen atoms in total. The van der Waals surface area contributed by atoms with Crippen molar-refractivity contribution in [3.63, 3.8) is 0 Å². The van der Waals surface area contributed by atoms with Crippen LogP contribution in [0.1, 0.15) is 6.92 Å². The van der Waals surface area contributed by atoms with Crippen molar-refractivity contribution in [2.45, 2.75) is 11.8 Å². The molecular formula is C11H19N3O3S. The van der Waals surface area contributed by atoms with E-state index in [0.717, 1.165) is 0 Å². The second kappa shape index (κ2) is 6.03. The van der Waals surface area contributed by atoms with Crippen molar-refractivity contribution < 1.29 is 13.2 Å². The third kappa shape index (κ3) is 4.17. The Morgan fingerprint density at radius 2 is 2.11 bits per heavy atom. The molecule has 1 unspecified atom stereocenters. The predicted molar refractivity (Wildman–Crippen MR) is 71.8 cm³/mol. The molecule has 102 valence electrons. The van der Waals surface area contributed by atoms with E-state index in [1.54, 1.807) is 19.2 Å². The highest BCUT2D eigenvalue weighted by atomic mass is 32.2. The van der Waals surface area contributed by atoms with Crippen LogP contribution in [0.5, 0.6) is 0 Å². The van der Waals surface area contributed by atoms with E-state index in [-0.39, 0.29) is 10.8 Å². The number of nitrogens with two attached hydrogens (primary N) is 2. The molecule has 0 fully saturated rings. The number of hydrogen-bond acceptors (Lipinski definition) is 5. The number of hydrogen-bond donors (Lipinski definition) is 3. The highest BCUT2D eigenvalue weighted by Gasteiger charge is 2.14. The fourth-order valence-corrected chi connectivity index (χ4v) is 2.30. The molecule has 1 atom stereocenters. The molecule has 0 aliphatic carbocycles. The Kier molecular flexibility index (Phi) is 4.94. The lowest BCUT2D eigenvalue weighted by Crippen LogP contribution is -2.19. The summed E-state index contributed by atoms with van der Waals surface area (Å²) in [5.41, 5.74) is 6.37.